The van der Waals surface area contributed by atoms with Crippen molar-refractivity contribution in [2.45, 2.75) is 62.8 Å². The van der Waals surface area contributed by atoms with Crippen LogP contribution in [-0.2, 0) is 34.9 Å². The molecule has 2 aliphatic rings. The van der Waals surface area contributed by atoms with Gasteiger partial charge in [-0.2, -0.15) is 13.2 Å². The topological polar surface area (TPSA) is 148 Å². The second-order valence-corrected chi connectivity index (χ2v) is 14.0. The molecular weight excluding hydrogens is 670 g/mol. The summed E-state index contributed by atoms with van der Waals surface area (Å²) in [6.07, 6.45) is -2.00. The van der Waals surface area contributed by atoms with Crippen molar-refractivity contribution in [2.24, 2.45) is 5.92 Å². The number of aromatic amines is 1. The van der Waals surface area contributed by atoms with E-state index >= 15 is 0 Å². The van der Waals surface area contributed by atoms with E-state index in [9.17, 15) is 31.8 Å². The average Bonchev–Trinajstić information content (AvgIpc) is 3.00. The fourth-order valence-corrected chi connectivity index (χ4v) is 7.56. The predicted octanol–water partition coefficient (Wildman–Crippen LogP) is 3.45. The quantitative estimate of drug-likeness (QED) is 0.327. The smallest absolute Gasteiger partial charge is 0.412 e. The standard InChI is InChI=1S/C30H34Cl2F3N5O4S.H2O/c1-2-45(44)24-6-5-19(31)12-18(24)14-40-28(42)21-13-23(30(33,34)35)22(25(32)26(21)38-29(40)43)16-39-11-3-4-20(15-39)37-27(41)17-7-9-36-10-8-17;/h5-6,12-13,17,20,36H,2-4,7-11,14-16H2,1H3,(H,37,41)(H,38,43);1H2/t20-,45?;/m1./s1. The molecule has 0 radical (unpaired) electrons. The number of aromatic nitrogens is 2. The van der Waals surface area contributed by atoms with E-state index in [-0.39, 0.29) is 63.3 Å². The summed E-state index contributed by atoms with van der Waals surface area (Å²) in [6, 6.07) is 5.05. The Morgan fingerprint density at radius 2 is 1.83 bits per heavy atom. The van der Waals surface area contributed by atoms with Crippen molar-refractivity contribution in [1.82, 2.24) is 25.1 Å². The first-order valence-electron chi connectivity index (χ1n) is 14.8. The van der Waals surface area contributed by atoms with Gasteiger partial charge < -0.3 is 21.1 Å². The van der Waals surface area contributed by atoms with Gasteiger partial charge in [0.25, 0.3) is 5.56 Å². The molecule has 3 heterocycles. The molecule has 2 atom stereocenters. The van der Waals surface area contributed by atoms with E-state index in [1.165, 1.54) is 18.2 Å². The Balaban J connectivity index is 0.00000480. The predicted molar refractivity (Wildman–Crippen MR) is 172 cm³/mol. The Hall–Kier alpha value is -2.75. The minimum Gasteiger partial charge on any atom is -0.412 e. The molecule has 1 amide bonds. The van der Waals surface area contributed by atoms with Crippen LogP contribution in [0, 0.1) is 5.92 Å². The number of benzene rings is 2. The Kier molecular flexibility index (Phi) is 11.8. The van der Waals surface area contributed by atoms with Crippen molar-refractivity contribution in [3.05, 3.63) is 71.8 Å². The van der Waals surface area contributed by atoms with E-state index in [1.807, 2.05) is 0 Å². The summed E-state index contributed by atoms with van der Waals surface area (Å²) in [6.45, 7) is 3.52. The zero-order valence-electron chi connectivity index (χ0n) is 25.1. The van der Waals surface area contributed by atoms with E-state index in [4.69, 9.17) is 23.2 Å². The van der Waals surface area contributed by atoms with Gasteiger partial charge in [0, 0.05) is 40.7 Å². The molecule has 0 spiro atoms. The van der Waals surface area contributed by atoms with Crippen LogP contribution in [0.4, 0.5) is 13.2 Å². The third-order valence-electron chi connectivity index (χ3n) is 8.43. The van der Waals surface area contributed by atoms with Crippen molar-refractivity contribution in [2.75, 3.05) is 31.9 Å². The van der Waals surface area contributed by atoms with Crippen LogP contribution in [0.25, 0.3) is 10.9 Å². The monoisotopic (exact) mass is 705 g/mol. The normalized spacial score (nSPS) is 18.7. The fraction of sp³-hybridized carbons (Fsp3) is 0.500. The molecule has 46 heavy (non-hydrogen) atoms. The molecule has 5 rings (SSSR count). The summed E-state index contributed by atoms with van der Waals surface area (Å²) in [5.74, 6) is 0.143. The SMILES string of the molecule is CCS(=O)c1ccc(Cl)cc1Cn1c(=O)[nH]c2c(Cl)c(CN3CCC[C@@H](NC(=O)C4CCNCC4)C3)c(C(F)(F)F)cc2c1=O.O. The molecule has 2 aromatic carbocycles. The Morgan fingerprint density at radius 1 is 1.11 bits per heavy atom. The molecule has 0 aliphatic carbocycles. The number of rotatable bonds is 8. The Bertz CT molecular complexity index is 1740. The summed E-state index contributed by atoms with van der Waals surface area (Å²) >= 11 is 12.7. The fourth-order valence-electron chi connectivity index (χ4n) is 6.11. The highest BCUT2D eigenvalue weighted by Gasteiger charge is 2.37. The molecule has 5 N–H and O–H groups in total. The second-order valence-electron chi connectivity index (χ2n) is 11.5. The van der Waals surface area contributed by atoms with Gasteiger partial charge in [-0.05, 0) is 80.7 Å². The van der Waals surface area contributed by atoms with Gasteiger partial charge in [0.15, 0.2) is 0 Å². The summed E-state index contributed by atoms with van der Waals surface area (Å²) in [7, 11) is -1.44. The molecule has 1 aromatic heterocycles. The first-order chi connectivity index (χ1) is 21.4. The molecule has 3 aromatic rings. The lowest BCUT2D eigenvalue weighted by molar-refractivity contribution is -0.138. The largest absolute Gasteiger partial charge is 0.416 e. The first-order valence-corrected chi connectivity index (χ1v) is 16.9. The lowest BCUT2D eigenvalue weighted by Gasteiger charge is -2.35. The van der Waals surface area contributed by atoms with Crippen LogP contribution in [0.1, 0.15) is 49.3 Å². The third kappa shape index (κ3) is 7.85. The summed E-state index contributed by atoms with van der Waals surface area (Å²) in [4.78, 5) is 44.2. The number of amides is 1. The molecule has 0 saturated carbocycles. The Labute approximate surface area is 275 Å². The number of nitrogens with one attached hydrogen (secondary N) is 3. The van der Waals surface area contributed by atoms with Crippen molar-refractivity contribution in [1.29, 1.82) is 0 Å². The zero-order chi connectivity index (χ0) is 32.5. The van der Waals surface area contributed by atoms with Crippen molar-refractivity contribution in [3.63, 3.8) is 0 Å². The van der Waals surface area contributed by atoms with Crippen LogP contribution < -0.4 is 21.9 Å². The van der Waals surface area contributed by atoms with Crippen LogP contribution in [-0.4, -0.2) is 68.0 Å². The van der Waals surface area contributed by atoms with Gasteiger partial charge in [-0.25, -0.2) is 4.79 Å². The van der Waals surface area contributed by atoms with Crippen LogP contribution >= 0.6 is 23.2 Å². The summed E-state index contributed by atoms with van der Waals surface area (Å²) < 4.78 is 56.8. The third-order valence-corrected chi connectivity index (χ3v) is 10.5. The molecular formula is C30H36Cl2F3N5O5S. The maximum atomic E-state index is 14.5. The number of nitrogens with zero attached hydrogens (tertiary/aromatic N) is 2. The molecule has 2 aliphatic heterocycles. The minimum absolute atomic E-state index is 0. The zero-order valence-corrected chi connectivity index (χ0v) is 27.4. The van der Waals surface area contributed by atoms with Crippen LogP contribution in [0.2, 0.25) is 10.0 Å². The highest BCUT2D eigenvalue weighted by Crippen LogP contribution is 2.39. The molecule has 1 unspecified atom stereocenters. The highest BCUT2D eigenvalue weighted by atomic mass is 35.5. The summed E-state index contributed by atoms with van der Waals surface area (Å²) in [5, 5.41) is 5.81. The number of fused-ring (bicyclic) bond motifs is 1. The maximum absolute atomic E-state index is 14.5. The average molecular weight is 707 g/mol. The van der Waals surface area contributed by atoms with Gasteiger partial charge >= 0.3 is 11.9 Å². The Morgan fingerprint density at radius 3 is 2.50 bits per heavy atom. The maximum Gasteiger partial charge on any atom is 0.416 e. The van der Waals surface area contributed by atoms with Crippen LogP contribution in [0.3, 0.4) is 0 Å². The van der Waals surface area contributed by atoms with Gasteiger partial charge in [0.05, 0.1) is 38.8 Å². The number of H-pyrrole nitrogens is 1. The second kappa shape index (κ2) is 15.0. The van der Waals surface area contributed by atoms with Crippen molar-refractivity contribution < 1.29 is 27.7 Å². The lowest BCUT2D eigenvalue weighted by Crippen LogP contribution is -2.50. The van der Waals surface area contributed by atoms with Gasteiger partial charge in [0.2, 0.25) is 5.91 Å². The summed E-state index contributed by atoms with van der Waals surface area (Å²) in [5.41, 5.74) is -3.05. The number of halogens is 5. The van der Waals surface area contributed by atoms with E-state index in [2.05, 4.69) is 15.6 Å². The van der Waals surface area contributed by atoms with Gasteiger partial charge in [-0.15, -0.1) is 0 Å². The number of piperidine rings is 2. The van der Waals surface area contributed by atoms with Crippen LogP contribution in [0.15, 0.2) is 38.8 Å². The molecule has 0 bridgehead atoms. The molecule has 10 nitrogen and oxygen atoms in total. The van der Waals surface area contributed by atoms with Crippen molar-refractivity contribution >= 4 is 50.8 Å². The molecule has 2 fully saturated rings. The minimum atomic E-state index is -4.85. The number of hydrogen-bond acceptors (Lipinski definition) is 6. The number of likely N-dealkylation sites (tertiary alicyclic amines) is 1. The van der Waals surface area contributed by atoms with Crippen LogP contribution in [0.5, 0.6) is 0 Å². The molecule has 2 saturated heterocycles. The van der Waals surface area contributed by atoms with Gasteiger partial charge in [-0.1, -0.05) is 30.1 Å². The van der Waals surface area contributed by atoms with E-state index in [1.54, 1.807) is 11.8 Å². The first kappa shape index (κ1) is 36.1. The number of alkyl halides is 3. The molecule has 252 valence electrons. The van der Waals surface area contributed by atoms with Gasteiger partial charge in [-0.3, -0.25) is 23.3 Å². The highest BCUT2D eigenvalue weighted by molar-refractivity contribution is 7.85. The molecule has 16 heteroatoms. The van der Waals surface area contributed by atoms with Gasteiger partial charge in [0.1, 0.15) is 0 Å². The van der Waals surface area contributed by atoms with E-state index < -0.39 is 39.2 Å². The van der Waals surface area contributed by atoms with Crippen molar-refractivity contribution in [3.8, 4) is 0 Å². The number of carbonyl (C=O) groups excluding carboxylic acids is 1. The van der Waals surface area contributed by atoms with E-state index in [0.29, 0.717) is 36.4 Å². The number of hydrogen-bond donors (Lipinski definition) is 3. The lowest BCUT2D eigenvalue weighted by atomic mass is 9.96. The number of carbonyl (C=O) groups is 1. The van der Waals surface area contributed by atoms with E-state index in [0.717, 1.165) is 36.6 Å².